The van der Waals surface area contributed by atoms with E-state index in [1.54, 1.807) is 13.0 Å². The van der Waals surface area contributed by atoms with Gasteiger partial charge in [0.1, 0.15) is 6.04 Å². The third-order valence-electron chi connectivity index (χ3n) is 2.45. The van der Waals surface area contributed by atoms with Gasteiger partial charge in [-0.05, 0) is 32.0 Å². The first-order valence-corrected chi connectivity index (χ1v) is 6.91. The van der Waals surface area contributed by atoms with E-state index in [1.807, 2.05) is 0 Å². The number of carboxylic acid groups (broad SMARTS) is 1. The lowest BCUT2D eigenvalue weighted by atomic mass is 10.2. The van der Waals surface area contributed by atoms with E-state index in [9.17, 15) is 14.4 Å². The van der Waals surface area contributed by atoms with Crippen molar-refractivity contribution >= 4 is 39.6 Å². The summed E-state index contributed by atoms with van der Waals surface area (Å²) < 4.78 is 5.33. The number of rotatable bonds is 5. The largest absolute Gasteiger partial charge is 0.478 e. The maximum Gasteiger partial charge on any atom is 0.337 e. The number of aromatic carboxylic acids is 1. The molecule has 0 bridgehead atoms. The van der Waals surface area contributed by atoms with Crippen molar-refractivity contribution < 1.29 is 24.2 Å². The molecule has 0 radical (unpaired) electrons. The molecule has 0 aliphatic rings. The van der Waals surface area contributed by atoms with Gasteiger partial charge in [0, 0.05) is 4.47 Å². The predicted molar refractivity (Wildman–Crippen MR) is 79.4 cm³/mol. The third kappa shape index (κ3) is 5.07. The highest BCUT2D eigenvalue weighted by Gasteiger charge is 2.18. The van der Waals surface area contributed by atoms with Gasteiger partial charge in [0.15, 0.2) is 0 Å². The average Bonchev–Trinajstić information content (AvgIpc) is 2.40. The van der Waals surface area contributed by atoms with Crippen LogP contribution in [0.25, 0.3) is 0 Å². The molecule has 8 heteroatoms. The predicted octanol–water partition coefficient (Wildman–Crippen LogP) is 2.22. The Hall–Kier alpha value is -2.09. The number of urea groups is 1. The number of ether oxygens (including phenoxy) is 1. The average molecular weight is 359 g/mol. The summed E-state index contributed by atoms with van der Waals surface area (Å²) >= 11 is 3.15. The number of hydrogen-bond donors (Lipinski definition) is 3. The van der Waals surface area contributed by atoms with Crippen molar-refractivity contribution in [3.8, 4) is 0 Å². The summed E-state index contributed by atoms with van der Waals surface area (Å²) in [4.78, 5) is 34.2. The van der Waals surface area contributed by atoms with E-state index in [-0.39, 0.29) is 17.9 Å². The molecule has 3 N–H and O–H groups in total. The molecule has 1 aromatic rings. The second-order valence-electron chi connectivity index (χ2n) is 4.07. The van der Waals surface area contributed by atoms with E-state index in [1.165, 1.54) is 19.1 Å². The van der Waals surface area contributed by atoms with Crippen LogP contribution in [0.2, 0.25) is 0 Å². The maximum atomic E-state index is 11.8. The first-order valence-electron chi connectivity index (χ1n) is 6.12. The normalized spacial score (nSPS) is 11.4. The Labute approximate surface area is 129 Å². The molecule has 1 aromatic carbocycles. The van der Waals surface area contributed by atoms with Gasteiger partial charge in [-0.2, -0.15) is 0 Å². The molecule has 0 aliphatic carbocycles. The second kappa shape index (κ2) is 7.63. The van der Waals surface area contributed by atoms with Gasteiger partial charge in [-0.25, -0.2) is 14.4 Å². The van der Waals surface area contributed by atoms with Crippen LogP contribution in [-0.4, -0.2) is 35.7 Å². The van der Waals surface area contributed by atoms with Gasteiger partial charge in [0.25, 0.3) is 0 Å². The highest BCUT2D eigenvalue weighted by molar-refractivity contribution is 9.10. The lowest BCUT2D eigenvalue weighted by molar-refractivity contribution is -0.144. The van der Waals surface area contributed by atoms with Gasteiger partial charge in [-0.15, -0.1) is 0 Å². The second-order valence-corrected chi connectivity index (χ2v) is 4.98. The van der Waals surface area contributed by atoms with E-state index in [0.717, 1.165) is 0 Å². The smallest absolute Gasteiger partial charge is 0.337 e. The van der Waals surface area contributed by atoms with E-state index in [4.69, 9.17) is 9.84 Å². The number of carbonyl (C=O) groups is 3. The van der Waals surface area contributed by atoms with Crippen molar-refractivity contribution in [3.05, 3.63) is 28.2 Å². The van der Waals surface area contributed by atoms with Crippen LogP contribution >= 0.6 is 15.9 Å². The molecule has 1 rings (SSSR count). The van der Waals surface area contributed by atoms with Crippen molar-refractivity contribution in [3.63, 3.8) is 0 Å². The van der Waals surface area contributed by atoms with E-state index in [0.29, 0.717) is 4.47 Å². The minimum Gasteiger partial charge on any atom is -0.478 e. The van der Waals surface area contributed by atoms with Gasteiger partial charge in [0.05, 0.1) is 17.9 Å². The summed E-state index contributed by atoms with van der Waals surface area (Å²) in [6.07, 6.45) is 0. The molecule has 114 valence electrons. The highest BCUT2D eigenvalue weighted by Crippen LogP contribution is 2.21. The molecule has 1 unspecified atom stereocenters. The summed E-state index contributed by atoms with van der Waals surface area (Å²) in [7, 11) is 0. The number of benzene rings is 1. The van der Waals surface area contributed by atoms with Crippen molar-refractivity contribution in [1.82, 2.24) is 5.32 Å². The van der Waals surface area contributed by atoms with Crippen molar-refractivity contribution in [2.75, 3.05) is 11.9 Å². The van der Waals surface area contributed by atoms with Gasteiger partial charge in [-0.1, -0.05) is 15.9 Å². The lowest BCUT2D eigenvalue weighted by Crippen LogP contribution is -2.42. The molecule has 0 saturated heterocycles. The number of amides is 2. The summed E-state index contributed by atoms with van der Waals surface area (Å²) in [5, 5.41) is 13.8. The van der Waals surface area contributed by atoms with Crippen LogP contribution in [0, 0.1) is 0 Å². The van der Waals surface area contributed by atoms with Crippen LogP contribution in [-0.2, 0) is 9.53 Å². The molecule has 0 spiro atoms. The van der Waals surface area contributed by atoms with Gasteiger partial charge < -0.3 is 20.5 Å². The standard InChI is InChI=1S/C13H15BrN2O5/c1-3-21-12(19)7(2)15-13(20)16-10-5-4-8(14)6-9(10)11(17)18/h4-7H,3H2,1-2H3,(H,17,18)(H2,15,16,20). The molecule has 21 heavy (non-hydrogen) atoms. The minimum absolute atomic E-state index is 0.0664. The zero-order valence-electron chi connectivity index (χ0n) is 11.5. The van der Waals surface area contributed by atoms with Crippen LogP contribution in [0.1, 0.15) is 24.2 Å². The molecule has 0 aromatic heterocycles. The van der Waals surface area contributed by atoms with Gasteiger partial charge in [0.2, 0.25) is 0 Å². The van der Waals surface area contributed by atoms with Crippen LogP contribution in [0.15, 0.2) is 22.7 Å². The minimum atomic E-state index is -1.18. The maximum absolute atomic E-state index is 11.8. The highest BCUT2D eigenvalue weighted by atomic mass is 79.9. The fourth-order valence-corrected chi connectivity index (χ4v) is 1.84. The Kier molecular flexibility index (Phi) is 6.16. The van der Waals surface area contributed by atoms with Crippen LogP contribution in [0.3, 0.4) is 0 Å². The zero-order valence-corrected chi connectivity index (χ0v) is 13.1. The summed E-state index contributed by atoms with van der Waals surface area (Å²) in [5.74, 6) is -1.74. The molecule has 7 nitrogen and oxygen atoms in total. The topological polar surface area (TPSA) is 105 Å². The number of halogens is 1. The lowest BCUT2D eigenvalue weighted by Gasteiger charge is -2.14. The molecule has 1 atom stereocenters. The number of hydrogen-bond acceptors (Lipinski definition) is 4. The fourth-order valence-electron chi connectivity index (χ4n) is 1.48. The number of anilines is 1. The van der Waals surface area contributed by atoms with Crippen molar-refractivity contribution in [1.29, 1.82) is 0 Å². The van der Waals surface area contributed by atoms with Crippen LogP contribution in [0.5, 0.6) is 0 Å². The molecule has 0 fully saturated rings. The van der Waals surface area contributed by atoms with Crippen molar-refractivity contribution in [2.24, 2.45) is 0 Å². The Bertz CT molecular complexity index is 561. The first kappa shape index (κ1) is 17.0. The SMILES string of the molecule is CCOC(=O)C(C)NC(=O)Nc1ccc(Br)cc1C(=O)O. The molecule has 0 heterocycles. The van der Waals surface area contributed by atoms with Crippen molar-refractivity contribution in [2.45, 2.75) is 19.9 Å². The van der Waals surface area contributed by atoms with Gasteiger partial charge >= 0.3 is 18.0 Å². The number of carbonyl (C=O) groups excluding carboxylic acids is 2. The quantitative estimate of drug-likeness (QED) is 0.700. The summed E-state index contributed by atoms with van der Waals surface area (Å²) in [5.41, 5.74) is 0.0579. The third-order valence-corrected chi connectivity index (χ3v) is 2.94. The molecule has 0 saturated carbocycles. The van der Waals surface area contributed by atoms with E-state index in [2.05, 4.69) is 26.6 Å². The molecular weight excluding hydrogens is 344 g/mol. The summed E-state index contributed by atoms with van der Waals surface area (Å²) in [6.45, 7) is 3.34. The van der Waals surface area contributed by atoms with E-state index >= 15 is 0 Å². The van der Waals surface area contributed by atoms with Crippen LogP contribution < -0.4 is 10.6 Å². The van der Waals surface area contributed by atoms with Crippen LogP contribution in [0.4, 0.5) is 10.5 Å². The Morgan fingerprint density at radius 1 is 1.38 bits per heavy atom. The zero-order chi connectivity index (χ0) is 16.0. The fraction of sp³-hybridized carbons (Fsp3) is 0.308. The molecule has 0 aliphatic heterocycles. The van der Waals surface area contributed by atoms with Gasteiger partial charge in [-0.3, -0.25) is 0 Å². The van der Waals surface area contributed by atoms with E-state index < -0.39 is 24.0 Å². The first-order chi connectivity index (χ1) is 9.85. The molecular formula is C13H15BrN2O5. The Morgan fingerprint density at radius 2 is 2.05 bits per heavy atom. The summed E-state index contributed by atoms with van der Waals surface area (Å²) in [6, 6.07) is 2.88. The monoisotopic (exact) mass is 358 g/mol. The Balaban J connectivity index is 2.75. The molecule has 2 amide bonds. The number of esters is 1. The number of carboxylic acids is 1. The Morgan fingerprint density at radius 3 is 2.62 bits per heavy atom. The number of nitrogens with one attached hydrogen (secondary N) is 2.